The average Bonchev–Trinajstić information content (AvgIpc) is 3.12. The molecule has 1 saturated heterocycles. The van der Waals surface area contributed by atoms with Gasteiger partial charge in [-0.3, -0.25) is 0 Å². The number of hydrogen-bond donors (Lipinski definition) is 1. The van der Waals surface area contributed by atoms with E-state index in [1.165, 1.54) is 0 Å². The molecule has 4 rings (SSSR count). The van der Waals surface area contributed by atoms with E-state index in [1.807, 2.05) is 12.1 Å². The predicted molar refractivity (Wildman–Crippen MR) is 103 cm³/mol. The maximum Gasteiger partial charge on any atom is 0.243 e. The molecule has 1 fully saturated rings. The number of aromatic nitrogens is 3. The van der Waals surface area contributed by atoms with E-state index in [-0.39, 0.29) is 5.92 Å². The topological polar surface area (TPSA) is 80.1 Å². The first-order valence-electron chi connectivity index (χ1n) is 9.69. The minimum Gasteiger partial charge on any atom is -0.312 e. The number of piperidine rings is 1. The lowest BCUT2D eigenvalue weighted by Crippen LogP contribution is -2.38. The van der Waals surface area contributed by atoms with E-state index in [9.17, 15) is 8.42 Å². The number of sulfonamides is 1. The Labute approximate surface area is 160 Å². The molecular weight excluding hydrogens is 362 g/mol. The molecule has 2 aliphatic heterocycles. The van der Waals surface area contributed by atoms with Crippen molar-refractivity contribution >= 4 is 10.0 Å². The van der Waals surface area contributed by atoms with Gasteiger partial charge >= 0.3 is 0 Å². The van der Waals surface area contributed by atoms with Gasteiger partial charge in [-0.1, -0.05) is 26.0 Å². The van der Waals surface area contributed by atoms with Gasteiger partial charge in [0.1, 0.15) is 11.6 Å². The molecule has 8 heteroatoms. The average molecular weight is 390 g/mol. The van der Waals surface area contributed by atoms with Crippen LogP contribution in [0.4, 0.5) is 0 Å². The second kappa shape index (κ2) is 7.33. The smallest absolute Gasteiger partial charge is 0.243 e. The Morgan fingerprint density at radius 3 is 2.44 bits per heavy atom. The van der Waals surface area contributed by atoms with Crippen LogP contribution in [0.25, 0.3) is 0 Å². The Kier molecular flexibility index (Phi) is 5.05. The fourth-order valence-corrected chi connectivity index (χ4v) is 5.41. The highest BCUT2D eigenvalue weighted by Gasteiger charge is 2.32. The van der Waals surface area contributed by atoms with E-state index < -0.39 is 10.0 Å². The van der Waals surface area contributed by atoms with Gasteiger partial charge in [0.15, 0.2) is 0 Å². The zero-order chi connectivity index (χ0) is 19.0. The number of hydrogen-bond acceptors (Lipinski definition) is 5. The van der Waals surface area contributed by atoms with Gasteiger partial charge in [0.25, 0.3) is 0 Å². The first-order chi connectivity index (χ1) is 13.0. The van der Waals surface area contributed by atoms with Crippen LogP contribution in [0.5, 0.6) is 0 Å². The van der Waals surface area contributed by atoms with Crippen molar-refractivity contribution in [2.45, 2.75) is 56.5 Å². The number of rotatable bonds is 4. The lowest BCUT2D eigenvalue weighted by atomic mass is 9.97. The predicted octanol–water partition coefficient (Wildman–Crippen LogP) is 2.07. The highest BCUT2D eigenvalue weighted by molar-refractivity contribution is 7.89. The molecule has 146 valence electrons. The molecule has 0 aliphatic carbocycles. The van der Waals surface area contributed by atoms with Gasteiger partial charge in [0.05, 0.1) is 11.4 Å². The molecule has 1 aromatic carbocycles. The summed E-state index contributed by atoms with van der Waals surface area (Å²) < 4.78 is 29.8. The van der Waals surface area contributed by atoms with Crippen molar-refractivity contribution in [3.8, 4) is 0 Å². The van der Waals surface area contributed by atoms with E-state index in [0.717, 1.165) is 49.7 Å². The molecule has 0 bridgehead atoms. The van der Waals surface area contributed by atoms with Crippen LogP contribution in [0.2, 0.25) is 0 Å². The van der Waals surface area contributed by atoms with Crippen LogP contribution in [0, 0.1) is 0 Å². The molecule has 2 aliphatic rings. The molecule has 1 aromatic heterocycles. The van der Waals surface area contributed by atoms with Gasteiger partial charge in [-0.25, -0.2) is 8.42 Å². The third-order valence-corrected chi connectivity index (χ3v) is 7.57. The largest absolute Gasteiger partial charge is 0.312 e. The van der Waals surface area contributed by atoms with Gasteiger partial charge in [0.2, 0.25) is 10.0 Å². The third-order valence-electron chi connectivity index (χ3n) is 5.65. The van der Waals surface area contributed by atoms with E-state index in [4.69, 9.17) is 0 Å². The van der Waals surface area contributed by atoms with Crippen molar-refractivity contribution in [3.63, 3.8) is 0 Å². The summed E-state index contributed by atoms with van der Waals surface area (Å²) in [5.41, 5.74) is 1.15. The number of nitrogens with zero attached hydrogens (tertiary/aromatic N) is 4. The first-order valence-corrected chi connectivity index (χ1v) is 11.1. The van der Waals surface area contributed by atoms with E-state index in [0.29, 0.717) is 23.9 Å². The summed E-state index contributed by atoms with van der Waals surface area (Å²) >= 11 is 0. The molecule has 0 spiro atoms. The van der Waals surface area contributed by atoms with Crippen LogP contribution in [-0.4, -0.2) is 47.1 Å². The van der Waals surface area contributed by atoms with E-state index in [1.54, 1.807) is 16.4 Å². The molecule has 2 aromatic rings. The number of nitrogens with one attached hydrogen (secondary N) is 1. The number of benzene rings is 1. The van der Waals surface area contributed by atoms with Gasteiger partial charge in [-0.2, -0.15) is 4.31 Å². The van der Waals surface area contributed by atoms with Crippen LogP contribution in [-0.2, 0) is 23.1 Å². The molecular formula is C19H27N5O2S. The Balaban J connectivity index is 1.46. The number of fused-ring (bicyclic) bond motifs is 1. The standard InChI is InChI=1S/C19H27N5O2S/c1-14(2)15-3-5-17(6-4-15)27(25,26)23-10-7-16(8-11-23)19-22-21-18-13-20-9-12-24(18)19/h3-6,14,16,20H,7-13H2,1-2H3. The Hall–Kier alpha value is -1.77. The highest BCUT2D eigenvalue weighted by Crippen LogP contribution is 2.31. The summed E-state index contributed by atoms with van der Waals surface area (Å²) in [5, 5.41) is 12.0. The molecule has 1 N–H and O–H groups in total. The quantitative estimate of drug-likeness (QED) is 0.866. The maximum atomic E-state index is 13.0. The maximum absolute atomic E-state index is 13.0. The van der Waals surface area contributed by atoms with Crippen LogP contribution in [0.15, 0.2) is 29.2 Å². The van der Waals surface area contributed by atoms with Crippen LogP contribution >= 0.6 is 0 Å². The molecule has 0 atom stereocenters. The van der Waals surface area contributed by atoms with Gasteiger partial charge in [0, 0.05) is 32.1 Å². The lowest BCUT2D eigenvalue weighted by molar-refractivity contribution is 0.307. The normalized spacial score (nSPS) is 19.4. The summed E-state index contributed by atoms with van der Waals surface area (Å²) in [6.07, 6.45) is 1.57. The van der Waals surface area contributed by atoms with Gasteiger partial charge in [-0.15, -0.1) is 10.2 Å². The SMILES string of the molecule is CC(C)c1ccc(S(=O)(=O)N2CCC(c3nnc4n3CCNC4)CC2)cc1. The van der Waals surface area contributed by atoms with Crippen molar-refractivity contribution in [1.82, 2.24) is 24.4 Å². The summed E-state index contributed by atoms with van der Waals surface area (Å²) in [5.74, 6) is 2.67. The van der Waals surface area contributed by atoms with Gasteiger partial charge in [-0.05, 0) is 36.5 Å². The van der Waals surface area contributed by atoms with E-state index in [2.05, 4.69) is 33.9 Å². The lowest BCUT2D eigenvalue weighted by Gasteiger charge is -2.31. The molecule has 0 radical (unpaired) electrons. The fourth-order valence-electron chi connectivity index (χ4n) is 3.94. The molecule has 27 heavy (non-hydrogen) atoms. The highest BCUT2D eigenvalue weighted by atomic mass is 32.2. The zero-order valence-electron chi connectivity index (χ0n) is 15.9. The monoisotopic (exact) mass is 389 g/mol. The minimum absolute atomic E-state index is 0.277. The molecule has 0 amide bonds. The van der Waals surface area contributed by atoms with Crippen LogP contribution < -0.4 is 5.32 Å². The second-order valence-corrected chi connectivity index (χ2v) is 9.64. The van der Waals surface area contributed by atoms with Crippen molar-refractivity contribution in [2.75, 3.05) is 19.6 Å². The van der Waals surface area contributed by atoms with E-state index >= 15 is 0 Å². The van der Waals surface area contributed by atoms with Crippen molar-refractivity contribution in [3.05, 3.63) is 41.5 Å². The molecule has 0 unspecified atom stereocenters. The molecule has 0 saturated carbocycles. The summed E-state index contributed by atoms with van der Waals surface area (Å²) in [6, 6.07) is 7.30. The van der Waals surface area contributed by atoms with Gasteiger partial charge < -0.3 is 9.88 Å². The Morgan fingerprint density at radius 2 is 1.78 bits per heavy atom. The van der Waals surface area contributed by atoms with Crippen LogP contribution in [0.3, 0.4) is 0 Å². The summed E-state index contributed by atoms with van der Waals surface area (Å²) in [7, 11) is -3.43. The third kappa shape index (κ3) is 3.53. The Bertz CT molecular complexity index is 897. The Morgan fingerprint density at radius 1 is 1.07 bits per heavy atom. The van der Waals surface area contributed by atoms with Crippen molar-refractivity contribution < 1.29 is 8.42 Å². The van der Waals surface area contributed by atoms with Crippen molar-refractivity contribution in [1.29, 1.82) is 0 Å². The fraction of sp³-hybridized carbons (Fsp3) is 0.579. The summed E-state index contributed by atoms with van der Waals surface area (Å²) in [6.45, 7) is 7.84. The van der Waals surface area contributed by atoms with Crippen molar-refractivity contribution in [2.24, 2.45) is 0 Å². The molecule has 3 heterocycles. The second-order valence-electron chi connectivity index (χ2n) is 7.70. The first kappa shape index (κ1) is 18.6. The molecule has 7 nitrogen and oxygen atoms in total. The zero-order valence-corrected chi connectivity index (χ0v) is 16.7. The van der Waals surface area contributed by atoms with Crippen LogP contribution in [0.1, 0.15) is 55.7 Å². The summed E-state index contributed by atoms with van der Waals surface area (Å²) in [4.78, 5) is 0.385. The minimum atomic E-state index is -3.43.